The third-order valence-corrected chi connectivity index (χ3v) is 4.97. The first-order chi connectivity index (χ1) is 9.79. The van der Waals surface area contributed by atoms with Gasteiger partial charge in [0.05, 0.1) is 5.41 Å². The number of amides is 2. The van der Waals surface area contributed by atoms with Crippen LogP contribution in [0.3, 0.4) is 0 Å². The minimum atomic E-state index is -0.464. The van der Waals surface area contributed by atoms with Crippen molar-refractivity contribution in [2.75, 3.05) is 13.1 Å². The highest BCUT2D eigenvalue weighted by atomic mass is 16.6. The molecule has 0 bridgehead atoms. The molecule has 2 saturated heterocycles. The van der Waals surface area contributed by atoms with E-state index in [0.717, 1.165) is 19.3 Å². The molecule has 118 valence electrons. The number of carbonyl (C=O) groups is 2. The number of piperidine rings is 1. The number of ether oxygens (including phenoxy) is 1. The molecule has 1 saturated carbocycles. The van der Waals surface area contributed by atoms with E-state index in [4.69, 9.17) is 4.74 Å². The van der Waals surface area contributed by atoms with Crippen LogP contribution in [0.5, 0.6) is 0 Å². The summed E-state index contributed by atoms with van der Waals surface area (Å²) in [4.78, 5) is 26.2. The fourth-order valence-corrected chi connectivity index (χ4v) is 3.54. The van der Waals surface area contributed by atoms with Gasteiger partial charge < -0.3 is 15.0 Å². The van der Waals surface area contributed by atoms with Gasteiger partial charge in [0.15, 0.2) is 0 Å². The van der Waals surface area contributed by atoms with Gasteiger partial charge in [-0.2, -0.15) is 0 Å². The van der Waals surface area contributed by atoms with Crippen molar-refractivity contribution in [2.24, 2.45) is 11.3 Å². The van der Waals surface area contributed by atoms with E-state index >= 15 is 0 Å². The molecule has 3 aliphatic rings. The number of carbonyl (C=O) groups excluding carboxylic acids is 2. The number of nitrogens with zero attached hydrogens (tertiary/aromatic N) is 1. The molecule has 5 nitrogen and oxygen atoms in total. The monoisotopic (exact) mass is 294 g/mol. The Morgan fingerprint density at radius 3 is 2.43 bits per heavy atom. The van der Waals surface area contributed by atoms with E-state index in [1.54, 1.807) is 4.90 Å². The van der Waals surface area contributed by atoms with Crippen molar-refractivity contribution in [2.45, 2.75) is 64.5 Å². The van der Waals surface area contributed by atoms with E-state index in [1.807, 2.05) is 20.8 Å². The van der Waals surface area contributed by atoms with Crippen molar-refractivity contribution in [3.8, 4) is 0 Å². The molecule has 1 spiro atoms. The van der Waals surface area contributed by atoms with Gasteiger partial charge in [0.1, 0.15) is 5.60 Å². The van der Waals surface area contributed by atoms with Gasteiger partial charge in [0.2, 0.25) is 5.91 Å². The van der Waals surface area contributed by atoms with Crippen molar-refractivity contribution < 1.29 is 14.3 Å². The number of likely N-dealkylation sites (tertiary alicyclic amines) is 1. The Morgan fingerprint density at radius 2 is 1.90 bits per heavy atom. The van der Waals surface area contributed by atoms with Crippen LogP contribution in [0.15, 0.2) is 0 Å². The molecule has 3 rings (SSSR count). The molecule has 3 fully saturated rings. The zero-order valence-electron chi connectivity index (χ0n) is 13.3. The Labute approximate surface area is 126 Å². The molecule has 0 radical (unpaired) electrons. The van der Waals surface area contributed by atoms with Crippen LogP contribution >= 0.6 is 0 Å². The molecule has 21 heavy (non-hydrogen) atoms. The Kier molecular flexibility index (Phi) is 3.41. The zero-order chi connectivity index (χ0) is 15.3. The van der Waals surface area contributed by atoms with E-state index in [1.165, 1.54) is 12.8 Å². The molecule has 5 heteroatoms. The van der Waals surface area contributed by atoms with Crippen molar-refractivity contribution in [3.63, 3.8) is 0 Å². The van der Waals surface area contributed by atoms with Gasteiger partial charge in [-0.15, -0.1) is 0 Å². The molecule has 2 amide bonds. The molecule has 1 unspecified atom stereocenters. The lowest BCUT2D eigenvalue weighted by Crippen LogP contribution is -2.47. The second-order valence-corrected chi connectivity index (χ2v) is 7.87. The minimum Gasteiger partial charge on any atom is -0.444 e. The lowest BCUT2D eigenvalue weighted by atomic mass is 9.75. The third kappa shape index (κ3) is 3.01. The number of hydrogen-bond donors (Lipinski definition) is 1. The molecular weight excluding hydrogens is 268 g/mol. The van der Waals surface area contributed by atoms with Crippen LogP contribution in [0, 0.1) is 11.3 Å². The molecule has 1 atom stereocenters. The van der Waals surface area contributed by atoms with Gasteiger partial charge >= 0.3 is 6.09 Å². The zero-order valence-corrected chi connectivity index (χ0v) is 13.3. The first kappa shape index (κ1) is 14.7. The van der Waals surface area contributed by atoms with E-state index < -0.39 is 5.60 Å². The van der Waals surface area contributed by atoms with Crippen molar-refractivity contribution in [3.05, 3.63) is 0 Å². The normalized spacial score (nSPS) is 28.6. The van der Waals surface area contributed by atoms with E-state index in [9.17, 15) is 9.59 Å². The van der Waals surface area contributed by atoms with Crippen LogP contribution < -0.4 is 5.32 Å². The topological polar surface area (TPSA) is 58.6 Å². The highest BCUT2D eigenvalue weighted by Gasteiger charge is 2.52. The summed E-state index contributed by atoms with van der Waals surface area (Å²) in [6, 6.07) is 0.380. The average Bonchev–Trinajstić information content (AvgIpc) is 3.16. The predicted octanol–water partition coefficient (Wildman–Crippen LogP) is 2.30. The fourth-order valence-electron chi connectivity index (χ4n) is 3.54. The van der Waals surface area contributed by atoms with Gasteiger partial charge in [-0.1, -0.05) is 0 Å². The second kappa shape index (κ2) is 4.89. The first-order valence-electron chi connectivity index (χ1n) is 8.08. The fraction of sp³-hybridized carbons (Fsp3) is 0.875. The van der Waals surface area contributed by atoms with Crippen molar-refractivity contribution in [1.29, 1.82) is 0 Å². The van der Waals surface area contributed by atoms with Crippen LogP contribution in [0.25, 0.3) is 0 Å². The highest BCUT2D eigenvalue weighted by molar-refractivity contribution is 5.85. The maximum Gasteiger partial charge on any atom is 0.410 e. The van der Waals surface area contributed by atoms with Gasteiger partial charge in [-0.3, -0.25) is 4.79 Å². The summed E-state index contributed by atoms with van der Waals surface area (Å²) in [6.07, 6.45) is 4.74. The third-order valence-electron chi connectivity index (χ3n) is 4.97. The highest BCUT2D eigenvalue weighted by Crippen LogP contribution is 2.46. The minimum absolute atomic E-state index is 0.211. The lowest BCUT2D eigenvalue weighted by Gasteiger charge is -2.38. The standard InChI is InChI=1S/C16H26N2O3/c1-15(2,3)21-14(20)18-8-6-16(7-9-18)10-12(11-4-5-11)17-13(16)19/h11-12H,4-10H2,1-3H3,(H,17,19). The molecule has 0 aromatic rings. The second-order valence-electron chi connectivity index (χ2n) is 7.87. The van der Waals surface area contributed by atoms with Crippen LogP contribution in [-0.2, 0) is 9.53 Å². The van der Waals surface area contributed by atoms with Crippen LogP contribution in [0.4, 0.5) is 4.79 Å². The summed E-state index contributed by atoms with van der Waals surface area (Å²) in [7, 11) is 0. The van der Waals surface area contributed by atoms with E-state index in [-0.39, 0.29) is 17.4 Å². The summed E-state index contributed by atoms with van der Waals surface area (Å²) < 4.78 is 5.41. The summed E-state index contributed by atoms with van der Waals surface area (Å²) in [5.74, 6) is 0.917. The summed E-state index contributed by atoms with van der Waals surface area (Å²) in [5, 5.41) is 3.19. The van der Waals surface area contributed by atoms with Crippen molar-refractivity contribution >= 4 is 12.0 Å². The largest absolute Gasteiger partial charge is 0.444 e. The molecule has 2 heterocycles. The van der Waals surface area contributed by atoms with Gasteiger partial charge in [-0.05, 0) is 58.8 Å². The Balaban J connectivity index is 1.57. The quantitative estimate of drug-likeness (QED) is 0.807. The number of nitrogens with one attached hydrogen (secondary N) is 1. The maximum absolute atomic E-state index is 12.4. The summed E-state index contributed by atoms with van der Waals surface area (Å²) in [5.41, 5.74) is -0.695. The van der Waals surface area contributed by atoms with Gasteiger partial charge in [-0.25, -0.2) is 4.79 Å². The Hall–Kier alpha value is -1.26. The molecular formula is C16H26N2O3. The molecule has 2 aliphatic heterocycles. The smallest absolute Gasteiger partial charge is 0.410 e. The Morgan fingerprint density at radius 1 is 1.29 bits per heavy atom. The average molecular weight is 294 g/mol. The number of rotatable bonds is 1. The molecule has 0 aromatic heterocycles. The van der Waals surface area contributed by atoms with Gasteiger partial charge in [0.25, 0.3) is 0 Å². The van der Waals surface area contributed by atoms with Crippen LogP contribution in [0.2, 0.25) is 0 Å². The summed E-state index contributed by atoms with van der Waals surface area (Å²) >= 11 is 0. The predicted molar refractivity (Wildman–Crippen MR) is 78.7 cm³/mol. The lowest BCUT2D eigenvalue weighted by molar-refractivity contribution is -0.130. The van der Waals surface area contributed by atoms with E-state index in [2.05, 4.69) is 5.32 Å². The van der Waals surface area contributed by atoms with Crippen molar-refractivity contribution in [1.82, 2.24) is 10.2 Å². The first-order valence-corrected chi connectivity index (χ1v) is 8.08. The maximum atomic E-state index is 12.4. The van der Waals surface area contributed by atoms with E-state index in [0.29, 0.717) is 25.0 Å². The van der Waals surface area contributed by atoms with Crippen LogP contribution in [-0.4, -0.2) is 41.6 Å². The Bertz CT molecular complexity index is 443. The summed E-state index contributed by atoms with van der Waals surface area (Å²) in [6.45, 7) is 6.88. The molecule has 1 N–H and O–H groups in total. The SMILES string of the molecule is CC(C)(C)OC(=O)N1CCC2(CC1)CC(C1CC1)NC2=O. The number of hydrogen-bond acceptors (Lipinski definition) is 3. The molecule has 0 aromatic carbocycles. The molecule has 1 aliphatic carbocycles. The van der Waals surface area contributed by atoms with Crippen LogP contribution in [0.1, 0.15) is 52.9 Å². The van der Waals surface area contributed by atoms with Gasteiger partial charge in [0, 0.05) is 19.1 Å².